The highest BCUT2D eigenvalue weighted by Gasteiger charge is 2.14. The van der Waals surface area contributed by atoms with Gasteiger partial charge < -0.3 is 20.3 Å². The molecule has 20 heavy (non-hydrogen) atoms. The summed E-state index contributed by atoms with van der Waals surface area (Å²) in [5.41, 5.74) is 6.59. The Labute approximate surface area is 121 Å². The quantitative estimate of drug-likeness (QED) is 0.703. The van der Waals surface area contributed by atoms with Gasteiger partial charge in [0.25, 0.3) is 0 Å². The van der Waals surface area contributed by atoms with Crippen LogP contribution >= 0.6 is 0 Å². The van der Waals surface area contributed by atoms with E-state index >= 15 is 0 Å². The van der Waals surface area contributed by atoms with Crippen molar-refractivity contribution in [1.29, 1.82) is 0 Å². The number of benzene rings is 1. The van der Waals surface area contributed by atoms with Gasteiger partial charge in [-0.1, -0.05) is 18.2 Å². The summed E-state index contributed by atoms with van der Waals surface area (Å²) in [5, 5.41) is 10.0. The number of nitrogens with two attached hydrogens (primary N) is 1. The molecule has 0 aliphatic heterocycles. The van der Waals surface area contributed by atoms with Crippen LogP contribution in [-0.2, 0) is 11.3 Å². The molecule has 0 heterocycles. The molecular formula is C15H26N2O3. The smallest absolute Gasteiger partial charge is 0.123 e. The third kappa shape index (κ3) is 5.46. The predicted octanol–water partition coefficient (Wildman–Crippen LogP) is 0.852. The highest BCUT2D eigenvalue weighted by atomic mass is 16.5. The molecule has 1 rings (SSSR count). The van der Waals surface area contributed by atoms with Crippen LogP contribution in [0.1, 0.15) is 12.5 Å². The maximum absolute atomic E-state index is 10.0. The zero-order valence-corrected chi connectivity index (χ0v) is 12.6. The summed E-state index contributed by atoms with van der Waals surface area (Å²) in [5.74, 6) is 0.738. The van der Waals surface area contributed by atoms with Gasteiger partial charge in [-0.3, -0.25) is 4.90 Å². The molecule has 0 radical (unpaired) electrons. The summed E-state index contributed by atoms with van der Waals surface area (Å²) >= 11 is 0. The highest BCUT2D eigenvalue weighted by molar-refractivity contribution is 5.32. The Balaban J connectivity index is 2.41. The molecule has 5 heteroatoms. The molecule has 0 fully saturated rings. The SMILES string of the molecule is COCC(C)N(C)CC(O)COc1ccccc1CN. The van der Waals surface area contributed by atoms with Crippen LogP contribution in [0.15, 0.2) is 24.3 Å². The van der Waals surface area contributed by atoms with E-state index in [1.165, 1.54) is 0 Å². The molecule has 0 aliphatic rings. The maximum atomic E-state index is 10.0. The third-order valence-electron chi connectivity index (χ3n) is 3.28. The fourth-order valence-electron chi connectivity index (χ4n) is 1.93. The van der Waals surface area contributed by atoms with Crippen LogP contribution in [0.3, 0.4) is 0 Å². The van der Waals surface area contributed by atoms with Gasteiger partial charge in [-0.05, 0) is 20.0 Å². The van der Waals surface area contributed by atoms with E-state index in [-0.39, 0.29) is 12.6 Å². The van der Waals surface area contributed by atoms with Gasteiger partial charge in [0.2, 0.25) is 0 Å². The second-order valence-corrected chi connectivity index (χ2v) is 5.02. The van der Waals surface area contributed by atoms with Crippen molar-refractivity contribution in [2.75, 3.05) is 33.9 Å². The van der Waals surface area contributed by atoms with Gasteiger partial charge in [0, 0.05) is 31.8 Å². The van der Waals surface area contributed by atoms with E-state index in [0.29, 0.717) is 19.7 Å². The van der Waals surface area contributed by atoms with Crippen molar-refractivity contribution in [3.63, 3.8) is 0 Å². The van der Waals surface area contributed by atoms with Crippen molar-refractivity contribution in [2.24, 2.45) is 5.73 Å². The Hall–Kier alpha value is -1.14. The zero-order valence-electron chi connectivity index (χ0n) is 12.6. The number of para-hydroxylation sites is 1. The summed E-state index contributed by atoms with van der Waals surface area (Å²) < 4.78 is 10.7. The summed E-state index contributed by atoms with van der Waals surface area (Å²) in [7, 11) is 3.63. The van der Waals surface area contributed by atoms with Crippen molar-refractivity contribution in [2.45, 2.75) is 25.6 Å². The predicted molar refractivity (Wildman–Crippen MR) is 79.8 cm³/mol. The van der Waals surface area contributed by atoms with E-state index in [1.807, 2.05) is 36.2 Å². The zero-order chi connectivity index (χ0) is 15.0. The number of likely N-dealkylation sites (N-methyl/N-ethyl adjacent to an activating group) is 1. The van der Waals surface area contributed by atoms with Crippen LogP contribution in [0.5, 0.6) is 5.75 Å². The number of hydrogen-bond acceptors (Lipinski definition) is 5. The summed E-state index contributed by atoms with van der Waals surface area (Å²) in [4.78, 5) is 2.05. The van der Waals surface area contributed by atoms with Crippen molar-refractivity contribution < 1.29 is 14.6 Å². The maximum Gasteiger partial charge on any atom is 0.123 e. The molecule has 114 valence electrons. The number of ether oxygens (including phenoxy) is 2. The first-order chi connectivity index (χ1) is 9.58. The molecule has 0 spiro atoms. The first-order valence-corrected chi connectivity index (χ1v) is 6.86. The van der Waals surface area contributed by atoms with Crippen LogP contribution in [0.2, 0.25) is 0 Å². The van der Waals surface area contributed by atoms with Crippen LogP contribution in [0.25, 0.3) is 0 Å². The van der Waals surface area contributed by atoms with Crippen molar-refractivity contribution in [3.8, 4) is 5.75 Å². The Bertz CT molecular complexity index is 387. The van der Waals surface area contributed by atoms with Gasteiger partial charge >= 0.3 is 0 Å². The number of hydrogen-bond donors (Lipinski definition) is 2. The lowest BCUT2D eigenvalue weighted by Crippen LogP contribution is -2.40. The van der Waals surface area contributed by atoms with Gasteiger partial charge in [0.15, 0.2) is 0 Å². The van der Waals surface area contributed by atoms with Gasteiger partial charge in [-0.25, -0.2) is 0 Å². The van der Waals surface area contributed by atoms with E-state index in [2.05, 4.69) is 6.92 Å². The summed E-state index contributed by atoms with van der Waals surface area (Å²) in [6.45, 7) is 3.91. The molecule has 1 aromatic rings. The summed E-state index contributed by atoms with van der Waals surface area (Å²) in [6.07, 6.45) is -0.551. The summed E-state index contributed by atoms with van der Waals surface area (Å²) in [6, 6.07) is 7.87. The number of aliphatic hydroxyl groups is 1. The van der Waals surface area contributed by atoms with Crippen LogP contribution in [0, 0.1) is 0 Å². The molecule has 2 atom stereocenters. The van der Waals surface area contributed by atoms with Gasteiger partial charge in [0.05, 0.1) is 6.61 Å². The average Bonchev–Trinajstić information content (AvgIpc) is 2.45. The molecule has 2 unspecified atom stereocenters. The molecule has 0 amide bonds. The van der Waals surface area contributed by atoms with Crippen molar-refractivity contribution in [3.05, 3.63) is 29.8 Å². The molecular weight excluding hydrogens is 256 g/mol. The number of methoxy groups -OCH3 is 1. The van der Waals surface area contributed by atoms with Gasteiger partial charge in [-0.15, -0.1) is 0 Å². The average molecular weight is 282 g/mol. The molecule has 5 nitrogen and oxygen atoms in total. The molecule has 3 N–H and O–H groups in total. The van der Waals surface area contributed by atoms with E-state index in [4.69, 9.17) is 15.2 Å². The normalized spacial score (nSPS) is 14.3. The number of rotatable bonds is 9. The van der Waals surface area contributed by atoms with E-state index in [1.54, 1.807) is 7.11 Å². The minimum atomic E-state index is -0.551. The third-order valence-corrected chi connectivity index (χ3v) is 3.28. The standard InChI is InChI=1S/C15H26N2O3/c1-12(10-19-3)17(2)9-14(18)11-20-15-7-5-4-6-13(15)8-16/h4-7,12,14,18H,8-11,16H2,1-3H3. The fourth-order valence-corrected chi connectivity index (χ4v) is 1.93. The van der Waals surface area contributed by atoms with Gasteiger partial charge in [-0.2, -0.15) is 0 Å². The minimum Gasteiger partial charge on any atom is -0.491 e. The number of aliphatic hydroxyl groups excluding tert-OH is 1. The lowest BCUT2D eigenvalue weighted by atomic mass is 10.2. The molecule has 0 bridgehead atoms. The second-order valence-electron chi connectivity index (χ2n) is 5.02. The Morgan fingerprint density at radius 3 is 2.65 bits per heavy atom. The first-order valence-electron chi connectivity index (χ1n) is 6.86. The minimum absolute atomic E-state index is 0.251. The number of nitrogens with zero attached hydrogens (tertiary/aromatic N) is 1. The van der Waals surface area contributed by atoms with E-state index in [9.17, 15) is 5.11 Å². The van der Waals surface area contributed by atoms with E-state index in [0.717, 1.165) is 11.3 Å². The van der Waals surface area contributed by atoms with Crippen molar-refractivity contribution in [1.82, 2.24) is 4.90 Å². The van der Waals surface area contributed by atoms with Crippen LogP contribution < -0.4 is 10.5 Å². The largest absolute Gasteiger partial charge is 0.491 e. The molecule has 1 aromatic carbocycles. The molecule has 0 aromatic heterocycles. The Kier molecular flexibility index (Phi) is 7.54. The van der Waals surface area contributed by atoms with Gasteiger partial charge in [0.1, 0.15) is 18.5 Å². The first kappa shape index (κ1) is 16.9. The fraction of sp³-hybridized carbons (Fsp3) is 0.600. The molecule has 0 saturated carbocycles. The Morgan fingerprint density at radius 2 is 2.00 bits per heavy atom. The van der Waals surface area contributed by atoms with Crippen LogP contribution in [0.4, 0.5) is 0 Å². The lowest BCUT2D eigenvalue weighted by molar-refractivity contribution is 0.0464. The molecule has 0 aliphatic carbocycles. The highest BCUT2D eigenvalue weighted by Crippen LogP contribution is 2.17. The van der Waals surface area contributed by atoms with Crippen molar-refractivity contribution >= 4 is 0 Å². The molecule has 0 saturated heterocycles. The second kappa shape index (κ2) is 8.92. The monoisotopic (exact) mass is 282 g/mol. The Morgan fingerprint density at radius 1 is 1.30 bits per heavy atom. The van der Waals surface area contributed by atoms with E-state index < -0.39 is 6.10 Å². The lowest BCUT2D eigenvalue weighted by Gasteiger charge is -2.26. The van der Waals surface area contributed by atoms with Crippen LogP contribution in [-0.4, -0.2) is 56.1 Å². The topological polar surface area (TPSA) is 68.0 Å².